The molecule has 0 aromatic heterocycles. The molecular weight excluding hydrogens is 452 g/mol. The Morgan fingerprint density at radius 1 is 0.914 bits per heavy atom. The lowest BCUT2D eigenvalue weighted by Crippen LogP contribution is -2.61. The standard InChI is InChI=1S/C26H26N2O7/c1-32-19-12-10-17(11-13-19)14-15-27-23(21-8-5-9-22(33-2)24(21)34-3)25(26(27)29)35-20-7-4-6-18(16-20)28(30)31/h4-13,16,23,25H,14-15H2,1-3H3/t23-,25-/m1/s1. The number of β-lactam (4-membered cyclic amide) rings is 1. The van der Waals surface area contributed by atoms with E-state index in [0.717, 1.165) is 16.9 Å². The summed E-state index contributed by atoms with van der Waals surface area (Å²) in [6.07, 6.45) is -0.240. The fraction of sp³-hybridized carbons (Fsp3) is 0.269. The van der Waals surface area contributed by atoms with Gasteiger partial charge in [-0.3, -0.25) is 14.9 Å². The number of benzene rings is 3. The van der Waals surface area contributed by atoms with Gasteiger partial charge in [0.1, 0.15) is 17.5 Å². The number of non-ortho nitro benzene ring substituents is 1. The molecule has 182 valence electrons. The van der Waals surface area contributed by atoms with Gasteiger partial charge in [0.25, 0.3) is 11.6 Å². The van der Waals surface area contributed by atoms with E-state index in [1.807, 2.05) is 36.4 Å². The molecule has 4 rings (SSSR count). The average Bonchev–Trinajstić information content (AvgIpc) is 2.89. The minimum absolute atomic E-state index is 0.110. The van der Waals surface area contributed by atoms with Gasteiger partial charge >= 0.3 is 0 Å². The molecule has 0 saturated carbocycles. The molecule has 1 aliphatic heterocycles. The van der Waals surface area contributed by atoms with Crippen molar-refractivity contribution in [3.63, 3.8) is 0 Å². The first-order valence-corrected chi connectivity index (χ1v) is 11.0. The van der Waals surface area contributed by atoms with Crippen LogP contribution in [-0.4, -0.2) is 49.7 Å². The van der Waals surface area contributed by atoms with Crippen LogP contribution in [0.1, 0.15) is 17.2 Å². The molecule has 1 aliphatic rings. The first-order valence-electron chi connectivity index (χ1n) is 11.0. The molecule has 35 heavy (non-hydrogen) atoms. The Hall–Kier alpha value is -4.27. The van der Waals surface area contributed by atoms with Crippen molar-refractivity contribution < 1.29 is 28.7 Å². The highest BCUT2D eigenvalue weighted by Gasteiger charge is 2.51. The molecule has 2 atom stereocenters. The summed E-state index contributed by atoms with van der Waals surface area (Å²) in [6, 6.07) is 18.5. The van der Waals surface area contributed by atoms with E-state index < -0.39 is 17.1 Å². The number of rotatable bonds is 10. The highest BCUT2D eigenvalue weighted by atomic mass is 16.6. The number of amides is 1. The molecule has 9 heteroatoms. The lowest BCUT2D eigenvalue weighted by molar-refractivity contribution is -0.385. The van der Waals surface area contributed by atoms with E-state index in [9.17, 15) is 14.9 Å². The van der Waals surface area contributed by atoms with Crippen LogP contribution in [0.4, 0.5) is 5.69 Å². The molecule has 0 aliphatic carbocycles. The van der Waals surface area contributed by atoms with Crippen LogP contribution in [0.15, 0.2) is 66.7 Å². The van der Waals surface area contributed by atoms with Gasteiger partial charge in [0.2, 0.25) is 6.10 Å². The molecule has 1 saturated heterocycles. The first kappa shape index (κ1) is 23.9. The Morgan fingerprint density at radius 3 is 2.31 bits per heavy atom. The van der Waals surface area contributed by atoms with Gasteiger partial charge in [0.15, 0.2) is 11.5 Å². The van der Waals surface area contributed by atoms with Crippen molar-refractivity contribution in [2.45, 2.75) is 18.6 Å². The third-order valence-corrected chi connectivity index (χ3v) is 5.99. The Bertz CT molecular complexity index is 1210. The fourth-order valence-corrected chi connectivity index (χ4v) is 4.22. The maximum absolute atomic E-state index is 13.2. The summed E-state index contributed by atoms with van der Waals surface area (Å²) in [5.41, 5.74) is 1.68. The smallest absolute Gasteiger partial charge is 0.273 e. The van der Waals surface area contributed by atoms with Crippen molar-refractivity contribution in [2.24, 2.45) is 0 Å². The van der Waals surface area contributed by atoms with Gasteiger partial charge in [-0.25, -0.2) is 0 Å². The first-order chi connectivity index (χ1) is 17.0. The summed E-state index contributed by atoms with van der Waals surface area (Å²) in [5, 5.41) is 11.2. The number of likely N-dealkylation sites (tertiary alicyclic amines) is 1. The topological polar surface area (TPSA) is 100 Å². The molecular formula is C26H26N2O7. The van der Waals surface area contributed by atoms with Crippen molar-refractivity contribution in [2.75, 3.05) is 27.9 Å². The van der Waals surface area contributed by atoms with Crippen LogP contribution in [0, 0.1) is 10.1 Å². The second kappa shape index (κ2) is 10.3. The number of ether oxygens (including phenoxy) is 4. The number of carbonyl (C=O) groups excluding carboxylic acids is 1. The number of carbonyl (C=O) groups is 1. The summed E-state index contributed by atoms with van der Waals surface area (Å²) < 4.78 is 22.3. The van der Waals surface area contributed by atoms with Gasteiger partial charge in [0, 0.05) is 18.2 Å². The average molecular weight is 479 g/mol. The number of hydrogen-bond acceptors (Lipinski definition) is 7. The van der Waals surface area contributed by atoms with Gasteiger partial charge in [-0.1, -0.05) is 30.3 Å². The van der Waals surface area contributed by atoms with Crippen molar-refractivity contribution in [1.82, 2.24) is 4.90 Å². The zero-order valence-corrected chi connectivity index (χ0v) is 19.7. The molecule has 9 nitrogen and oxygen atoms in total. The Kier molecular flexibility index (Phi) is 7.05. The maximum atomic E-state index is 13.2. The van der Waals surface area contributed by atoms with Crippen molar-refractivity contribution >= 4 is 11.6 Å². The van der Waals surface area contributed by atoms with E-state index in [-0.39, 0.29) is 17.3 Å². The van der Waals surface area contributed by atoms with Gasteiger partial charge in [-0.05, 0) is 36.2 Å². The summed E-state index contributed by atoms with van der Waals surface area (Å²) in [7, 11) is 4.70. The Balaban J connectivity index is 1.63. The van der Waals surface area contributed by atoms with Crippen LogP contribution >= 0.6 is 0 Å². The quantitative estimate of drug-likeness (QED) is 0.245. The number of nitro benzene ring substituents is 1. The lowest BCUT2D eigenvalue weighted by atomic mass is 9.89. The number of nitrogens with zero attached hydrogens (tertiary/aromatic N) is 2. The minimum atomic E-state index is -0.867. The number of methoxy groups -OCH3 is 3. The molecule has 0 unspecified atom stereocenters. The molecule has 0 bridgehead atoms. The largest absolute Gasteiger partial charge is 0.497 e. The highest BCUT2D eigenvalue weighted by Crippen LogP contribution is 2.44. The van der Waals surface area contributed by atoms with Gasteiger partial charge in [-0.2, -0.15) is 0 Å². The Labute approximate surface area is 202 Å². The Morgan fingerprint density at radius 2 is 1.66 bits per heavy atom. The zero-order valence-electron chi connectivity index (χ0n) is 19.7. The molecule has 0 spiro atoms. The summed E-state index contributed by atoms with van der Waals surface area (Å²) in [5.74, 6) is 1.85. The highest BCUT2D eigenvalue weighted by molar-refractivity contribution is 5.89. The zero-order chi connectivity index (χ0) is 24.9. The molecule has 1 fully saturated rings. The van der Waals surface area contributed by atoms with Gasteiger partial charge in [-0.15, -0.1) is 0 Å². The molecule has 3 aromatic rings. The van der Waals surface area contributed by atoms with Gasteiger partial charge < -0.3 is 23.8 Å². The van der Waals surface area contributed by atoms with E-state index in [0.29, 0.717) is 24.5 Å². The fourth-order valence-electron chi connectivity index (χ4n) is 4.22. The second-order valence-electron chi connectivity index (χ2n) is 7.95. The monoisotopic (exact) mass is 478 g/mol. The third kappa shape index (κ3) is 4.84. The molecule has 0 N–H and O–H groups in total. The third-order valence-electron chi connectivity index (χ3n) is 5.99. The summed E-state index contributed by atoms with van der Waals surface area (Å²) >= 11 is 0. The van der Waals surface area contributed by atoms with Crippen molar-refractivity contribution in [3.8, 4) is 23.0 Å². The van der Waals surface area contributed by atoms with E-state index in [4.69, 9.17) is 18.9 Å². The SMILES string of the molecule is COc1ccc(CCN2C(=O)[C@H](Oc3cccc([N+](=O)[O-])c3)[C@H]2c2cccc(OC)c2OC)cc1. The predicted octanol–water partition coefficient (Wildman–Crippen LogP) is 4.19. The number of para-hydroxylation sites is 1. The van der Waals surface area contributed by atoms with Crippen LogP contribution in [-0.2, 0) is 11.2 Å². The molecule has 0 radical (unpaired) electrons. The lowest BCUT2D eigenvalue weighted by Gasteiger charge is -2.47. The molecule has 1 amide bonds. The number of hydrogen-bond donors (Lipinski definition) is 0. The van der Waals surface area contributed by atoms with Gasteiger partial charge in [0.05, 0.1) is 32.3 Å². The van der Waals surface area contributed by atoms with E-state index >= 15 is 0 Å². The van der Waals surface area contributed by atoms with Crippen LogP contribution in [0.3, 0.4) is 0 Å². The van der Waals surface area contributed by atoms with Crippen molar-refractivity contribution in [1.29, 1.82) is 0 Å². The van der Waals surface area contributed by atoms with Crippen LogP contribution in [0.5, 0.6) is 23.0 Å². The van der Waals surface area contributed by atoms with E-state index in [1.54, 1.807) is 38.4 Å². The minimum Gasteiger partial charge on any atom is -0.497 e. The van der Waals surface area contributed by atoms with E-state index in [1.165, 1.54) is 18.2 Å². The van der Waals surface area contributed by atoms with Crippen LogP contribution < -0.4 is 18.9 Å². The summed E-state index contributed by atoms with van der Waals surface area (Å²) in [6.45, 7) is 0.449. The van der Waals surface area contributed by atoms with Crippen molar-refractivity contribution in [3.05, 3.63) is 88.0 Å². The molecule has 3 aromatic carbocycles. The normalized spacial score (nSPS) is 16.9. The second-order valence-corrected chi connectivity index (χ2v) is 7.95. The van der Waals surface area contributed by atoms with E-state index in [2.05, 4.69) is 0 Å². The van der Waals surface area contributed by atoms with Crippen LogP contribution in [0.2, 0.25) is 0 Å². The molecule has 1 heterocycles. The predicted molar refractivity (Wildman–Crippen MR) is 128 cm³/mol. The maximum Gasteiger partial charge on any atom is 0.273 e. The van der Waals surface area contributed by atoms with Crippen LogP contribution in [0.25, 0.3) is 0 Å². The number of nitro groups is 1. The summed E-state index contributed by atoms with van der Waals surface area (Å²) in [4.78, 5) is 25.6.